The van der Waals surface area contributed by atoms with Crippen LogP contribution in [0, 0.1) is 11.3 Å². The number of alkyl halides is 6. The summed E-state index contributed by atoms with van der Waals surface area (Å²) in [6.45, 7) is 3.87. The molecule has 48 heavy (non-hydrogen) atoms. The number of hydrogen-bond donors (Lipinski definition) is 2. The molecule has 3 amide bonds. The van der Waals surface area contributed by atoms with Gasteiger partial charge in [0.2, 0.25) is 0 Å². The van der Waals surface area contributed by atoms with E-state index < -0.39 is 41.0 Å². The number of rotatable bonds is 9. The molecule has 0 saturated carbocycles. The Morgan fingerprint density at radius 1 is 0.938 bits per heavy atom. The number of nitrogens with one attached hydrogen (secondary N) is 1. The number of ether oxygens (including phenoxy) is 3. The molecule has 5 rings (SSSR count). The first-order valence-corrected chi connectivity index (χ1v) is 14.8. The van der Waals surface area contributed by atoms with E-state index in [4.69, 9.17) is 14.2 Å². The lowest BCUT2D eigenvalue weighted by Crippen LogP contribution is -2.53. The van der Waals surface area contributed by atoms with Crippen molar-refractivity contribution in [2.45, 2.75) is 56.6 Å². The summed E-state index contributed by atoms with van der Waals surface area (Å²) >= 11 is 0. The number of benzene rings is 3. The van der Waals surface area contributed by atoms with E-state index in [1.54, 1.807) is 32.0 Å². The molecule has 3 aromatic carbocycles. The van der Waals surface area contributed by atoms with Crippen LogP contribution in [0.2, 0.25) is 0 Å². The van der Waals surface area contributed by atoms with Crippen molar-refractivity contribution in [1.29, 1.82) is 5.26 Å². The van der Waals surface area contributed by atoms with Gasteiger partial charge in [0.25, 0.3) is 11.5 Å². The van der Waals surface area contributed by atoms with E-state index in [1.807, 2.05) is 6.07 Å². The van der Waals surface area contributed by atoms with Crippen molar-refractivity contribution in [2.75, 3.05) is 19.8 Å². The molecular weight excluding hydrogens is 648 g/mol. The van der Waals surface area contributed by atoms with Crippen molar-refractivity contribution in [3.05, 3.63) is 82.4 Å². The Morgan fingerprint density at radius 3 is 2.27 bits per heavy atom. The third-order valence-electron chi connectivity index (χ3n) is 8.25. The molecule has 2 N–H and O–H groups in total. The molecule has 2 heterocycles. The van der Waals surface area contributed by atoms with Crippen molar-refractivity contribution in [1.82, 2.24) is 10.2 Å². The van der Waals surface area contributed by atoms with Gasteiger partial charge in [-0.05, 0) is 72.9 Å². The molecule has 0 aliphatic carbocycles. The van der Waals surface area contributed by atoms with Gasteiger partial charge in [-0.15, -0.1) is 0 Å². The molecule has 3 aromatic rings. The molecule has 9 nitrogen and oxygen atoms in total. The molecule has 1 fully saturated rings. The standard InChI is InChI=1S/C33H29F6N3O6/c1-3-4-20-15-23(31(45,32(34,35)36)33(37,38)39)7-9-25(20)48-24-8-5-19(21(16-24)18-40)11-12-42-28(43)30(2,41-29(42)44)22-6-10-26-27(17-22)47-14-13-46-26/h5-10,15-17,45H,3-4,11-14H2,1-2H3,(H,41,44). The van der Waals surface area contributed by atoms with Gasteiger partial charge in [0.1, 0.15) is 30.3 Å². The first-order valence-electron chi connectivity index (χ1n) is 14.8. The number of nitriles is 1. The zero-order valence-corrected chi connectivity index (χ0v) is 25.6. The van der Waals surface area contributed by atoms with Crippen LogP contribution in [0.25, 0.3) is 0 Å². The van der Waals surface area contributed by atoms with E-state index in [-0.39, 0.29) is 42.0 Å². The van der Waals surface area contributed by atoms with Crippen LogP contribution in [0.15, 0.2) is 54.6 Å². The molecule has 254 valence electrons. The molecule has 0 bridgehead atoms. The fourth-order valence-corrected chi connectivity index (χ4v) is 5.61. The summed E-state index contributed by atoms with van der Waals surface area (Å²) in [6.07, 6.45) is -11.6. The van der Waals surface area contributed by atoms with Gasteiger partial charge in [0, 0.05) is 12.1 Å². The number of fused-ring (bicyclic) bond motifs is 1. The summed E-state index contributed by atoms with van der Waals surface area (Å²) in [4.78, 5) is 27.4. The Bertz CT molecular complexity index is 1770. The maximum Gasteiger partial charge on any atom is 0.430 e. The molecule has 2 aliphatic rings. The Morgan fingerprint density at radius 2 is 1.62 bits per heavy atom. The number of amides is 3. The Balaban J connectivity index is 1.33. The van der Waals surface area contributed by atoms with Crippen LogP contribution in [0.4, 0.5) is 31.1 Å². The lowest BCUT2D eigenvalue weighted by molar-refractivity contribution is -0.376. The normalized spacial score (nSPS) is 18.0. The van der Waals surface area contributed by atoms with Crippen molar-refractivity contribution in [3.8, 4) is 29.1 Å². The maximum atomic E-state index is 13.5. The smallest absolute Gasteiger partial charge is 0.430 e. The first-order chi connectivity index (χ1) is 22.5. The van der Waals surface area contributed by atoms with Crippen LogP contribution < -0.4 is 19.5 Å². The largest absolute Gasteiger partial charge is 0.486 e. The van der Waals surface area contributed by atoms with Gasteiger partial charge in [-0.1, -0.05) is 31.5 Å². The zero-order chi connectivity index (χ0) is 35.1. The van der Waals surface area contributed by atoms with Crippen LogP contribution in [-0.2, 0) is 28.8 Å². The van der Waals surface area contributed by atoms with Gasteiger partial charge in [-0.25, -0.2) is 4.79 Å². The highest BCUT2D eigenvalue weighted by Gasteiger charge is 2.71. The minimum absolute atomic E-state index is 0.0231. The molecule has 0 radical (unpaired) electrons. The van der Waals surface area contributed by atoms with Gasteiger partial charge < -0.3 is 24.6 Å². The summed E-state index contributed by atoms with van der Waals surface area (Å²) in [6, 6.07) is 12.6. The second-order valence-corrected chi connectivity index (χ2v) is 11.4. The first kappa shape index (κ1) is 34.4. The molecule has 1 atom stereocenters. The van der Waals surface area contributed by atoms with E-state index in [0.29, 0.717) is 54.4 Å². The van der Waals surface area contributed by atoms with Crippen LogP contribution in [0.3, 0.4) is 0 Å². The van der Waals surface area contributed by atoms with Crippen LogP contribution >= 0.6 is 0 Å². The number of imide groups is 1. The Labute approximate surface area is 270 Å². The number of halogens is 6. The fourth-order valence-electron chi connectivity index (χ4n) is 5.61. The molecular formula is C33H29F6N3O6. The van der Waals surface area contributed by atoms with Crippen molar-refractivity contribution in [3.63, 3.8) is 0 Å². The second-order valence-electron chi connectivity index (χ2n) is 11.4. The second kappa shape index (κ2) is 12.6. The summed E-state index contributed by atoms with van der Waals surface area (Å²) in [5, 5.41) is 22.4. The lowest BCUT2D eigenvalue weighted by Gasteiger charge is -2.33. The molecule has 1 unspecified atom stereocenters. The van der Waals surface area contributed by atoms with Crippen LogP contribution in [0.1, 0.15) is 48.1 Å². The predicted octanol–water partition coefficient (Wildman–Crippen LogP) is 6.40. The molecule has 2 aliphatic heterocycles. The zero-order valence-electron chi connectivity index (χ0n) is 25.6. The topological polar surface area (TPSA) is 121 Å². The van der Waals surface area contributed by atoms with E-state index >= 15 is 0 Å². The van der Waals surface area contributed by atoms with Gasteiger partial charge >= 0.3 is 18.4 Å². The third kappa shape index (κ3) is 6.08. The Kier molecular flexibility index (Phi) is 9.00. The molecule has 0 spiro atoms. The minimum atomic E-state index is -6.04. The quantitative estimate of drug-likeness (QED) is 0.199. The number of urea groups is 1. The number of hydrogen-bond acceptors (Lipinski definition) is 7. The van der Waals surface area contributed by atoms with Crippen LogP contribution in [0.5, 0.6) is 23.0 Å². The summed E-state index contributed by atoms with van der Waals surface area (Å²) in [5.74, 6) is 0.443. The van der Waals surface area contributed by atoms with Gasteiger partial charge in [-0.2, -0.15) is 31.6 Å². The van der Waals surface area contributed by atoms with Crippen LogP contribution in [-0.4, -0.2) is 54.1 Å². The van der Waals surface area contributed by atoms with E-state index in [1.165, 1.54) is 18.2 Å². The SMILES string of the molecule is CCCc1cc(C(O)(C(F)(F)F)C(F)(F)F)ccc1Oc1ccc(CCN2C(=O)NC(C)(c3ccc4c(c3)OCCO4)C2=O)c(C#N)c1. The lowest BCUT2D eigenvalue weighted by atomic mass is 9.90. The molecule has 0 aromatic heterocycles. The number of carbonyl (C=O) groups excluding carboxylic acids is 2. The highest BCUT2D eigenvalue weighted by Crippen LogP contribution is 2.51. The van der Waals surface area contributed by atoms with Crippen molar-refractivity contribution < 1.29 is 55.2 Å². The monoisotopic (exact) mass is 677 g/mol. The van der Waals surface area contributed by atoms with Crippen molar-refractivity contribution >= 4 is 11.9 Å². The Hall–Kier alpha value is -4.97. The van der Waals surface area contributed by atoms with Crippen molar-refractivity contribution in [2.24, 2.45) is 0 Å². The average molecular weight is 678 g/mol. The third-order valence-corrected chi connectivity index (χ3v) is 8.25. The van der Waals surface area contributed by atoms with Gasteiger partial charge in [0.15, 0.2) is 11.5 Å². The number of aryl methyl sites for hydroxylation is 1. The van der Waals surface area contributed by atoms with Gasteiger partial charge in [0.05, 0.1) is 11.6 Å². The average Bonchev–Trinajstić information content (AvgIpc) is 3.26. The van der Waals surface area contributed by atoms with Gasteiger partial charge in [-0.3, -0.25) is 9.69 Å². The van der Waals surface area contributed by atoms with E-state index in [9.17, 15) is 46.3 Å². The maximum absolute atomic E-state index is 13.5. The minimum Gasteiger partial charge on any atom is -0.486 e. The summed E-state index contributed by atoms with van der Waals surface area (Å²) in [5.41, 5.74) is -6.87. The number of nitrogens with zero attached hydrogens (tertiary/aromatic N) is 2. The number of aliphatic hydroxyl groups is 1. The number of carbonyl (C=O) groups is 2. The summed E-state index contributed by atoms with van der Waals surface area (Å²) < 4.78 is 97.7. The highest BCUT2D eigenvalue weighted by molar-refractivity contribution is 6.07. The molecule has 1 saturated heterocycles. The van der Waals surface area contributed by atoms with E-state index in [0.717, 1.165) is 11.0 Å². The fraction of sp³-hybridized carbons (Fsp3) is 0.364. The summed E-state index contributed by atoms with van der Waals surface area (Å²) in [7, 11) is 0. The van der Waals surface area contributed by atoms with E-state index in [2.05, 4.69) is 5.32 Å². The predicted molar refractivity (Wildman–Crippen MR) is 156 cm³/mol. The molecule has 15 heteroatoms. The highest BCUT2D eigenvalue weighted by atomic mass is 19.4.